The van der Waals surface area contributed by atoms with E-state index in [0.717, 1.165) is 10.8 Å². The molecule has 0 aliphatic heterocycles. The minimum Gasteiger partial charge on any atom is -0.123 e. The van der Waals surface area contributed by atoms with E-state index in [1.807, 2.05) is 0 Å². The minimum absolute atomic E-state index is 0.850. The molecule has 1 heteroatoms. The van der Waals surface area contributed by atoms with Gasteiger partial charge in [-0.2, -0.15) is 0 Å². The lowest BCUT2D eigenvalue weighted by atomic mass is 10.2. The van der Waals surface area contributed by atoms with E-state index >= 15 is 0 Å². The molecule has 0 N–H and O–H groups in total. The number of hydrogen-bond acceptors (Lipinski definition) is 1. The molecule has 1 aromatic carbocycles. The third-order valence-electron chi connectivity index (χ3n) is 3.03. The molecular weight excluding hydrogens is 200 g/mol. The Kier molecular flexibility index (Phi) is 4.13. The highest BCUT2D eigenvalue weighted by Gasteiger charge is 2.12. The summed E-state index contributed by atoms with van der Waals surface area (Å²) in [4.78, 5) is 1.41. The Morgan fingerprint density at radius 3 is 2.13 bits per heavy atom. The van der Waals surface area contributed by atoms with Crippen molar-refractivity contribution >= 4 is 11.8 Å². The minimum atomic E-state index is 0.850. The molecule has 0 unspecified atom stereocenters. The third kappa shape index (κ3) is 3.57. The van der Waals surface area contributed by atoms with E-state index in [2.05, 4.69) is 43.0 Å². The first-order chi connectivity index (χ1) is 7.34. The molecule has 0 atom stereocenters. The Bertz CT molecular complexity index is 281. The van der Waals surface area contributed by atoms with E-state index in [-0.39, 0.29) is 0 Å². The summed E-state index contributed by atoms with van der Waals surface area (Å²) >= 11 is 2.06. The molecule has 2 rings (SSSR count). The summed E-state index contributed by atoms with van der Waals surface area (Å²) in [5.41, 5.74) is 1.11. The van der Waals surface area contributed by atoms with Crippen molar-refractivity contribution in [1.29, 1.82) is 0 Å². The van der Waals surface area contributed by atoms with Gasteiger partial charge in [-0.25, -0.2) is 0 Å². The van der Waals surface area contributed by atoms with Crippen molar-refractivity contribution in [3.05, 3.63) is 36.8 Å². The Balaban J connectivity index is 1.92. The molecule has 0 amide bonds. The molecule has 1 aromatic rings. The van der Waals surface area contributed by atoms with Crippen LogP contribution in [0, 0.1) is 6.92 Å². The summed E-state index contributed by atoms with van der Waals surface area (Å²) in [5, 5.41) is 0.850. The van der Waals surface area contributed by atoms with E-state index < -0.39 is 0 Å². The molecule has 1 saturated carbocycles. The molecule has 15 heavy (non-hydrogen) atoms. The Morgan fingerprint density at radius 2 is 1.53 bits per heavy atom. The zero-order valence-electron chi connectivity index (χ0n) is 9.24. The first-order valence-electron chi connectivity index (χ1n) is 5.93. The van der Waals surface area contributed by atoms with Crippen molar-refractivity contribution in [3.63, 3.8) is 0 Å². The fourth-order valence-corrected chi connectivity index (χ4v) is 3.37. The van der Waals surface area contributed by atoms with Crippen molar-refractivity contribution in [3.8, 4) is 0 Å². The molecule has 1 aliphatic rings. The maximum absolute atomic E-state index is 3.91. The second kappa shape index (κ2) is 5.60. The maximum atomic E-state index is 3.91. The van der Waals surface area contributed by atoms with E-state index in [1.165, 1.54) is 43.4 Å². The highest BCUT2D eigenvalue weighted by Crippen LogP contribution is 2.32. The van der Waals surface area contributed by atoms with Gasteiger partial charge in [-0.3, -0.25) is 0 Å². The van der Waals surface area contributed by atoms with E-state index in [4.69, 9.17) is 0 Å². The Morgan fingerprint density at radius 1 is 0.933 bits per heavy atom. The number of hydrogen-bond donors (Lipinski definition) is 0. The quantitative estimate of drug-likeness (QED) is 0.651. The van der Waals surface area contributed by atoms with Gasteiger partial charge >= 0.3 is 0 Å². The van der Waals surface area contributed by atoms with Crippen LogP contribution in [0.3, 0.4) is 0 Å². The Hall–Kier alpha value is -0.430. The highest BCUT2D eigenvalue weighted by atomic mass is 32.2. The van der Waals surface area contributed by atoms with Gasteiger partial charge in [-0.1, -0.05) is 37.8 Å². The molecule has 1 fully saturated rings. The average Bonchev–Trinajstić information content (AvgIpc) is 2.50. The highest BCUT2D eigenvalue weighted by molar-refractivity contribution is 8.00. The molecule has 0 saturated heterocycles. The molecule has 0 aromatic heterocycles. The summed E-state index contributed by atoms with van der Waals surface area (Å²) in [6, 6.07) is 8.63. The van der Waals surface area contributed by atoms with Crippen LogP contribution in [0.4, 0.5) is 0 Å². The maximum Gasteiger partial charge on any atom is 0.00944 e. The van der Waals surface area contributed by atoms with Gasteiger partial charge in [0, 0.05) is 10.1 Å². The predicted octanol–water partition coefficient (Wildman–Crippen LogP) is 4.68. The van der Waals surface area contributed by atoms with E-state index in [0.29, 0.717) is 0 Å². The van der Waals surface area contributed by atoms with Crippen molar-refractivity contribution in [2.45, 2.75) is 48.7 Å². The van der Waals surface area contributed by atoms with Crippen LogP contribution in [0.1, 0.15) is 44.1 Å². The molecular formula is C14H19S. The summed E-state index contributed by atoms with van der Waals surface area (Å²) in [5.74, 6) is 0. The lowest BCUT2D eigenvalue weighted by Crippen LogP contribution is -1.99. The van der Waals surface area contributed by atoms with Gasteiger partial charge in [-0.05, 0) is 37.5 Å². The number of thioether (sulfide) groups is 1. The first-order valence-corrected chi connectivity index (χ1v) is 6.81. The first kappa shape index (κ1) is 11.1. The molecule has 0 bridgehead atoms. The normalized spacial score (nSPS) is 18.7. The van der Waals surface area contributed by atoms with Crippen LogP contribution in [0.5, 0.6) is 0 Å². The summed E-state index contributed by atoms with van der Waals surface area (Å²) in [6.45, 7) is 3.91. The van der Waals surface area contributed by atoms with Crippen LogP contribution in [-0.2, 0) is 0 Å². The van der Waals surface area contributed by atoms with Crippen LogP contribution in [0.25, 0.3) is 0 Å². The zero-order chi connectivity index (χ0) is 10.5. The van der Waals surface area contributed by atoms with Crippen LogP contribution >= 0.6 is 11.8 Å². The second-order valence-electron chi connectivity index (χ2n) is 4.38. The van der Waals surface area contributed by atoms with Crippen molar-refractivity contribution in [2.24, 2.45) is 0 Å². The average molecular weight is 219 g/mol. The fraction of sp³-hybridized carbons (Fsp3) is 0.500. The van der Waals surface area contributed by atoms with Gasteiger partial charge in [0.2, 0.25) is 0 Å². The van der Waals surface area contributed by atoms with E-state index in [1.54, 1.807) is 0 Å². The summed E-state index contributed by atoms with van der Waals surface area (Å²) in [7, 11) is 0. The monoisotopic (exact) mass is 219 g/mol. The molecule has 1 aliphatic carbocycles. The number of rotatable bonds is 2. The number of benzene rings is 1. The molecule has 0 spiro atoms. The molecule has 0 heterocycles. The topological polar surface area (TPSA) is 0 Å². The van der Waals surface area contributed by atoms with Crippen LogP contribution < -0.4 is 0 Å². The van der Waals surface area contributed by atoms with Gasteiger partial charge in [0.05, 0.1) is 0 Å². The van der Waals surface area contributed by atoms with E-state index in [9.17, 15) is 0 Å². The van der Waals surface area contributed by atoms with Crippen LogP contribution in [0.2, 0.25) is 0 Å². The van der Waals surface area contributed by atoms with Gasteiger partial charge in [0.1, 0.15) is 0 Å². The zero-order valence-corrected chi connectivity index (χ0v) is 10.1. The van der Waals surface area contributed by atoms with Crippen LogP contribution in [0.15, 0.2) is 29.2 Å². The standard InChI is InChI=1S/C14H19S/c1-12-8-10-14(11-9-12)15-13-6-4-2-3-5-7-13/h8-11,13H,1-7H2. The Labute approximate surface area is 97.5 Å². The molecule has 0 nitrogen and oxygen atoms in total. The van der Waals surface area contributed by atoms with Crippen molar-refractivity contribution < 1.29 is 0 Å². The van der Waals surface area contributed by atoms with Gasteiger partial charge in [0.25, 0.3) is 0 Å². The fourth-order valence-electron chi connectivity index (χ4n) is 2.12. The lowest BCUT2D eigenvalue weighted by molar-refractivity contribution is 0.702. The SMILES string of the molecule is [CH2]c1ccc(SC2CCCCCC2)cc1. The van der Waals surface area contributed by atoms with Crippen LogP contribution in [-0.4, -0.2) is 5.25 Å². The molecule has 1 radical (unpaired) electrons. The van der Waals surface area contributed by atoms with Gasteiger partial charge in [0.15, 0.2) is 0 Å². The molecule has 81 valence electrons. The third-order valence-corrected chi connectivity index (χ3v) is 4.38. The largest absolute Gasteiger partial charge is 0.123 e. The van der Waals surface area contributed by atoms with Crippen molar-refractivity contribution in [1.82, 2.24) is 0 Å². The lowest BCUT2D eigenvalue weighted by Gasteiger charge is -2.13. The summed E-state index contributed by atoms with van der Waals surface area (Å²) < 4.78 is 0. The predicted molar refractivity (Wildman–Crippen MR) is 68.2 cm³/mol. The smallest absolute Gasteiger partial charge is 0.00944 e. The van der Waals surface area contributed by atoms with Crippen molar-refractivity contribution in [2.75, 3.05) is 0 Å². The summed E-state index contributed by atoms with van der Waals surface area (Å²) in [6.07, 6.45) is 8.52. The van der Waals surface area contributed by atoms with Gasteiger partial charge in [-0.15, -0.1) is 11.8 Å². The second-order valence-corrected chi connectivity index (χ2v) is 5.75. The van der Waals surface area contributed by atoms with Gasteiger partial charge < -0.3 is 0 Å².